The third-order valence-corrected chi connectivity index (χ3v) is 3.36. The van der Waals surface area contributed by atoms with Gasteiger partial charge in [0.2, 0.25) is 0 Å². The average molecular weight is 660 g/mol. The monoisotopic (exact) mass is 660 g/mol. The molecule has 45 heavy (non-hydrogen) atoms. The Morgan fingerprint density at radius 3 is 0.667 bits per heavy atom. The van der Waals surface area contributed by atoms with Crippen molar-refractivity contribution >= 4 is 23.9 Å². The van der Waals surface area contributed by atoms with Gasteiger partial charge in [-0.25, -0.2) is 19.2 Å². The molecule has 0 amide bonds. The van der Waals surface area contributed by atoms with Crippen LogP contribution in [0.15, 0.2) is 48.6 Å². The zero-order valence-corrected chi connectivity index (χ0v) is 24.3. The van der Waals surface area contributed by atoms with E-state index >= 15 is 0 Å². The Kier molecular flexibility index (Phi) is 28.5. The summed E-state index contributed by atoms with van der Waals surface area (Å²) in [7, 11) is 0. The quantitative estimate of drug-likeness (QED) is 0.103. The normalized spacial score (nSPS) is 8.80. The molecule has 0 unspecified atom stereocenters. The molecule has 0 saturated heterocycles. The van der Waals surface area contributed by atoms with Gasteiger partial charge in [-0.15, -0.1) is 40.5 Å². The van der Waals surface area contributed by atoms with Crippen LogP contribution in [0.25, 0.3) is 0 Å². The topological polar surface area (TPSA) is 359 Å². The summed E-state index contributed by atoms with van der Waals surface area (Å²) in [5.41, 5.74) is -1.32. The van der Waals surface area contributed by atoms with Crippen LogP contribution in [0, 0.1) is 45.9 Å². The minimum absolute atomic E-state index is 0.176. The van der Waals surface area contributed by atoms with E-state index in [9.17, 15) is 59.6 Å². The zero-order valence-electron chi connectivity index (χ0n) is 24.3. The van der Waals surface area contributed by atoms with Gasteiger partial charge in [0.05, 0.1) is 5.41 Å². The first-order valence-corrected chi connectivity index (χ1v) is 10.9. The molecule has 0 aliphatic rings. The molecule has 24 nitrogen and oxygen atoms in total. The molecule has 0 bridgehead atoms. The maximum atomic E-state index is 10.1. The molecular weight excluding hydrogens is 628 g/mol. The Hall–Kier alpha value is -6.36. The summed E-state index contributed by atoms with van der Waals surface area (Å²) in [5.74, 6) is -3.74. The molecule has 0 aromatic heterocycles. The molecule has 0 spiro atoms. The third-order valence-electron chi connectivity index (χ3n) is 3.36. The van der Waals surface area contributed by atoms with Crippen molar-refractivity contribution in [3.05, 3.63) is 89.1 Å². The lowest BCUT2D eigenvalue weighted by molar-refractivity contribution is -0.792. The van der Waals surface area contributed by atoms with E-state index in [4.69, 9.17) is 20.4 Å². The third kappa shape index (κ3) is 42.2. The number of carboxylic acids is 4. The van der Waals surface area contributed by atoms with E-state index in [-0.39, 0.29) is 22.3 Å². The first-order chi connectivity index (χ1) is 20.2. The van der Waals surface area contributed by atoms with E-state index in [0.29, 0.717) is 0 Å². The minimum Gasteiger partial charge on any atom is -0.478 e. The van der Waals surface area contributed by atoms with Gasteiger partial charge in [0.25, 0.3) is 20.3 Å². The molecule has 0 aliphatic heterocycles. The number of carbonyl (C=O) groups is 4. The molecule has 0 aromatic rings. The molecule has 0 rings (SSSR count). The highest BCUT2D eigenvalue weighted by atomic mass is 17.0. The van der Waals surface area contributed by atoms with Gasteiger partial charge in [-0.05, 0) is 27.7 Å². The Balaban J connectivity index is -0.000000179. The lowest BCUT2D eigenvalue weighted by Gasteiger charge is -2.28. The second-order valence-electron chi connectivity index (χ2n) is 7.83. The fourth-order valence-corrected chi connectivity index (χ4v) is 1.01. The first kappa shape index (κ1) is 48.4. The number of aliphatic carboxylic acids is 4. The van der Waals surface area contributed by atoms with Crippen LogP contribution in [-0.4, -0.2) is 91.1 Å². The van der Waals surface area contributed by atoms with Gasteiger partial charge in [-0.3, -0.25) is 0 Å². The maximum Gasteiger partial charge on any atom is 0.330 e. The molecule has 0 fully saturated rings. The number of nitrogens with zero attached hydrogens (tertiary/aromatic N) is 4. The highest BCUT2D eigenvalue weighted by molar-refractivity contribution is 5.85. The second kappa shape index (κ2) is 26.5. The molecule has 0 saturated carbocycles. The summed E-state index contributed by atoms with van der Waals surface area (Å²) in [6.45, 7) is 14.3. The summed E-state index contributed by atoms with van der Waals surface area (Å²) in [4.78, 5) is 94.6. The van der Waals surface area contributed by atoms with Crippen LogP contribution in [0.2, 0.25) is 0 Å². The molecule has 24 heteroatoms. The smallest absolute Gasteiger partial charge is 0.330 e. The van der Waals surface area contributed by atoms with Crippen LogP contribution in [-0.2, 0) is 38.5 Å². The first-order valence-electron chi connectivity index (χ1n) is 10.9. The van der Waals surface area contributed by atoms with Crippen molar-refractivity contribution in [3.8, 4) is 0 Å². The predicted molar refractivity (Wildman–Crippen MR) is 144 cm³/mol. The van der Waals surface area contributed by atoms with Crippen molar-refractivity contribution in [1.82, 2.24) is 0 Å². The van der Waals surface area contributed by atoms with Gasteiger partial charge < -0.3 is 39.8 Å². The summed E-state index contributed by atoms with van der Waals surface area (Å²) in [5, 5.41) is 66.8. The fraction of sp³-hybridized carbons (Fsp3) is 0.429. The summed E-state index contributed by atoms with van der Waals surface area (Å²) < 4.78 is 0. The lowest BCUT2D eigenvalue weighted by atomic mass is 9.92. The van der Waals surface area contributed by atoms with Gasteiger partial charge in [-0.1, -0.05) is 26.3 Å². The molecular formula is C21H32N4O20. The van der Waals surface area contributed by atoms with Gasteiger partial charge in [0.1, 0.15) is 26.4 Å². The van der Waals surface area contributed by atoms with Crippen LogP contribution >= 0.6 is 0 Å². The lowest BCUT2D eigenvalue weighted by Crippen LogP contribution is -2.43. The van der Waals surface area contributed by atoms with Gasteiger partial charge in [0.15, 0.2) is 0 Å². The van der Waals surface area contributed by atoms with Crippen LogP contribution in [0.1, 0.15) is 27.7 Å². The molecule has 0 aromatic carbocycles. The molecule has 256 valence electrons. The fourth-order valence-electron chi connectivity index (χ4n) is 1.01. The summed E-state index contributed by atoms with van der Waals surface area (Å²) >= 11 is 0. The van der Waals surface area contributed by atoms with Gasteiger partial charge >= 0.3 is 23.9 Å². The Bertz CT molecular complexity index is 894. The molecule has 0 aliphatic carbocycles. The van der Waals surface area contributed by atoms with E-state index in [1.165, 1.54) is 27.7 Å². The largest absolute Gasteiger partial charge is 0.478 e. The maximum absolute atomic E-state index is 10.1. The predicted octanol–water partition coefficient (Wildman–Crippen LogP) is 1.39. The zero-order chi connectivity index (χ0) is 37.1. The van der Waals surface area contributed by atoms with Crippen molar-refractivity contribution < 1.29 is 79.3 Å². The number of rotatable bonds is 16. The van der Waals surface area contributed by atoms with E-state index in [1.54, 1.807) is 0 Å². The van der Waals surface area contributed by atoms with E-state index in [0.717, 1.165) is 0 Å². The summed E-state index contributed by atoms with van der Waals surface area (Å²) in [6.07, 6.45) is 0. The van der Waals surface area contributed by atoms with Crippen molar-refractivity contribution in [1.29, 1.82) is 0 Å². The van der Waals surface area contributed by atoms with Crippen molar-refractivity contribution in [2.75, 3.05) is 26.4 Å². The Morgan fingerprint density at radius 2 is 0.600 bits per heavy atom. The molecule has 0 heterocycles. The summed E-state index contributed by atoms with van der Waals surface area (Å²) in [6, 6.07) is 0. The second-order valence-corrected chi connectivity index (χ2v) is 7.83. The Morgan fingerprint density at radius 1 is 0.489 bits per heavy atom. The van der Waals surface area contributed by atoms with Gasteiger partial charge in [-0.2, -0.15) is 0 Å². The molecule has 0 radical (unpaired) electrons. The van der Waals surface area contributed by atoms with Gasteiger partial charge in [0, 0.05) is 22.3 Å². The highest BCUT2D eigenvalue weighted by Gasteiger charge is 2.37. The minimum atomic E-state index is -2.03. The molecule has 0 atom stereocenters. The standard InChI is InChI=1S/C5H8N4O12.4C4H6O2/c10-6(11)18-1-5(2-19-7(12)13,3-20-8(14)15)4-21-9(16)17;4*1-3(2)4(5)6/h1-4H2;4*1H2,2H3,(H,5,6). The highest BCUT2D eigenvalue weighted by Crippen LogP contribution is 2.21. The van der Waals surface area contributed by atoms with Crippen LogP contribution in [0.3, 0.4) is 0 Å². The van der Waals surface area contributed by atoms with E-state index in [1.807, 2.05) is 0 Å². The van der Waals surface area contributed by atoms with Crippen LogP contribution in [0.5, 0.6) is 0 Å². The van der Waals surface area contributed by atoms with E-state index in [2.05, 4.69) is 45.7 Å². The SMILES string of the molecule is C=C(C)C(=O)O.C=C(C)C(=O)O.C=C(C)C(=O)O.C=C(C)C(=O)O.O=[N+]([O-])OCC(CO[N+](=O)[O-])(CO[N+](=O)[O-])CO[N+](=O)[O-]. The van der Waals surface area contributed by atoms with E-state index < -0.39 is 76.1 Å². The average Bonchev–Trinajstić information content (AvgIpc) is 2.88. The van der Waals surface area contributed by atoms with Crippen LogP contribution in [0.4, 0.5) is 0 Å². The van der Waals surface area contributed by atoms with Crippen molar-refractivity contribution in [2.45, 2.75) is 27.7 Å². The van der Waals surface area contributed by atoms with Crippen LogP contribution < -0.4 is 0 Å². The van der Waals surface area contributed by atoms with Crippen molar-refractivity contribution in [3.63, 3.8) is 0 Å². The number of carboxylic acid groups (broad SMARTS) is 4. The molecule has 4 N–H and O–H groups in total. The number of hydrogen-bond donors (Lipinski definition) is 4. The Labute approximate surface area is 252 Å². The van der Waals surface area contributed by atoms with Crippen molar-refractivity contribution in [2.24, 2.45) is 5.41 Å². The number of hydrogen-bond acceptors (Lipinski definition) is 16.